The van der Waals surface area contributed by atoms with Crippen molar-refractivity contribution < 1.29 is 5.11 Å². The van der Waals surface area contributed by atoms with E-state index in [9.17, 15) is 0 Å². The molecule has 0 aromatic heterocycles. The van der Waals surface area contributed by atoms with Gasteiger partial charge < -0.3 is 5.11 Å². The quantitative estimate of drug-likeness (QED) is 0.714. The van der Waals surface area contributed by atoms with E-state index < -0.39 is 0 Å². The van der Waals surface area contributed by atoms with Gasteiger partial charge in [0.2, 0.25) is 0 Å². The van der Waals surface area contributed by atoms with Crippen molar-refractivity contribution in [2.75, 3.05) is 0 Å². The average Bonchev–Trinajstić information content (AvgIpc) is 2.18. The van der Waals surface area contributed by atoms with Gasteiger partial charge in [0, 0.05) is 0 Å². The highest BCUT2D eigenvalue weighted by Crippen LogP contribution is 2.23. The highest BCUT2D eigenvalue weighted by atomic mass is 79.9. The van der Waals surface area contributed by atoms with Crippen LogP contribution < -0.4 is 0 Å². The third-order valence-corrected chi connectivity index (χ3v) is 1.77. The van der Waals surface area contributed by atoms with E-state index in [1.54, 1.807) is 6.07 Å². The maximum Gasteiger partial charge on any atom is 0.130 e. The Balaban J connectivity index is 0. The minimum atomic E-state index is 0.301. The molecule has 76 valence electrons. The molecular formula is C11H19BrO. The van der Waals surface area contributed by atoms with Gasteiger partial charge in [0.15, 0.2) is 0 Å². The lowest BCUT2D eigenvalue weighted by Crippen LogP contribution is -1.71. The van der Waals surface area contributed by atoms with Crippen LogP contribution in [0, 0.1) is 6.92 Å². The molecule has 0 aliphatic heterocycles. The van der Waals surface area contributed by atoms with Crippen molar-refractivity contribution in [3.8, 4) is 5.75 Å². The van der Waals surface area contributed by atoms with Gasteiger partial charge in [-0.05, 0) is 40.5 Å². The maximum atomic E-state index is 9.05. The summed E-state index contributed by atoms with van der Waals surface area (Å²) in [6.45, 7) is 9.94. The highest BCUT2D eigenvalue weighted by Gasteiger charge is 1.93. The second-order valence-electron chi connectivity index (χ2n) is 1.95. The molecule has 1 rings (SSSR count). The zero-order valence-corrected chi connectivity index (χ0v) is 10.6. The van der Waals surface area contributed by atoms with Crippen LogP contribution >= 0.6 is 15.9 Å². The summed E-state index contributed by atoms with van der Waals surface area (Å²) in [5, 5.41) is 9.05. The molecule has 0 bridgehead atoms. The largest absolute Gasteiger partial charge is 0.507 e. The molecule has 0 spiro atoms. The molecule has 0 saturated carbocycles. The number of hydrogen-bond donors (Lipinski definition) is 1. The van der Waals surface area contributed by atoms with Crippen LogP contribution in [0.5, 0.6) is 5.75 Å². The first-order valence-electron chi connectivity index (χ1n) is 4.65. The summed E-state index contributed by atoms with van der Waals surface area (Å²) in [4.78, 5) is 0. The summed E-state index contributed by atoms with van der Waals surface area (Å²) in [5.74, 6) is 0.301. The van der Waals surface area contributed by atoms with Gasteiger partial charge >= 0.3 is 0 Å². The number of benzene rings is 1. The van der Waals surface area contributed by atoms with Crippen molar-refractivity contribution in [3.05, 3.63) is 28.2 Å². The fraction of sp³-hybridized carbons (Fsp3) is 0.455. The third-order valence-electron chi connectivity index (χ3n) is 1.10. The van der Waals surface area contributed by atoms with Gasteiger partial charge in [-0.15, -0.1) is 0 Å². The Kier molecular flexibility index (Phi) is 11.1. The lowest BCUT2D eigenvalue weighted by Gasteiger charge is -1.95. The van der Waals surface area contributed by atoms with Crippen molar-refractivity contribution in [1.82, 2.24) is 0 Å². The summed E-state index contributed by atoms with van der Waals surface area (Å²) in [5.41, 5.74) is 1.07. The predicted molar refractivity (Wildman–Crippen MR) is 63.2 cm³/mol. The molecular weight excluding hydrogens is 228 g/mol. The van der Waals surface area contributed by atoms with Crippen LogP contribution in [0.2, 0.25) is 0 Å². The summed E-state index contributed by atoms with van der Waals surface area (Å²) in [6, 6.07) is 5.47. The predicted octanol–water partition coefficient (Wildman–Crippen LogP) is 4.52. The molecule has 1 aromatic carbocycles. The summed E-state index contributed by atoms with van der Waals surface area (Å²) in [7, 11) is 0. The van der Waals surface area contributed by atoms with Crippen molar-refractivity contribution in [2.45, 2.75) is 34.6 Å². The molecule has 0 atom stereocenters. The first-order valence-corrected chi connectivity index (χ1v) is 5.44. The van der Waals surface area contributed by atoms with Crippen LogP contribution in [0.25, 0.3) is 0 Å². The van der Waals surface area contributed by atoms with Crippen LogP contribution in [0.15, 0.2) is 22.7 Å². The van der Waals surface area contributed by atoms with Crippen LogP contribution in [-0.4, -0.2) is 5.11 Å². The topological polar surface area (TPSA) is 20.2 Å². The normalized spacial score (nSPS) is 7.54. The summed E-state index contributed by atoms with van der Waals surface area (Å²) in [6.07, 6.45) is 0. The Hall–Kier alpha value is -0.500. The Labute approximate surface area is 89.9 Å². The molecule has 0 unspecified atom stereocenters. The molecule has 1 N–H and O–H groups in total. The van der Waals surface area contributed by atoms with E-state index in [-0.39, 0.29) is 0 Å². The lowest BCUT2D eigenvalue weighted by molar-refractivity contribution is 0.471. The Bertz CT molecular complexity index is 221. The van der Waals surface area contributed by atoms with Gasteiger partial charge in [-0.25, -0.2) is 0 Å². The zero-order valence-electron chi connectivity index (χ0n) is 9.06. The molecule has 0 amide bonds. The SMILES string of the molecule is CC.CC.Cc1ccc(Br)c(O)c1. The van der Waals surface area contributed by atoms with E-state index in [1.807, 2.05) is 46.8 Å². The number of aryl methyl sites for hydroxylation is 1. The number of phenols is 1. The molecule has 0 radical (unpaired) electrons. The van der Waals surface area contributed by atoms with Gasteiger partial charge in [-0.2, -0.15) is 0 Å². The van der Waals surface area contributed by atoms with E-state index in [0.717, 1.165) is 10.0 Å². The highest BCUT2D eigenvalue weighted by molar-refractivity contribution is 9.10. The molecule has 13 heavy (non-hydrogen) atoms. The fourth-order valence-electron chi connectivity index (χ4n) is 0.623. The maximum absolute atomic E-state index is 9.05. The lowest BCUT2D eigenvalue weighted by atomic mass is 10.2. The van der Waals surface area contributed by atoms with Gasteiger partial charge in [-0.3, -0.25) is 0 Å². The summed E-state index contributed by atoms with van der Waals surface area (Å²) >= 11 is 3.18. The Morgan fingerprint density at radius 2 is 1.54 bits per heavy atom. The molecule has 0 fully saturated rings. The van der Waals surface area contributed by atoms with Crippen LogP contribution in [0.4, 0.5) is 0 Å². The van der Waals surface area contributed by atoms with Gasteiger partial charge in [0.05, 0.1) is 4.47 Å². The smallest absolute Gasteiger partial charge is 0.130 e. The molecule has 2 heteroatoms. The van der Waals surface area contributed by atoms with Crippen molar-refractivity contribution in [1.29, 1.82) is 0 Å². The van der Waals surface area contributed by atoms with Crippen LogP contribution in [-0.2, 0) is 0 Å². The van der Waals surface area contributed by atoms with Gasteiger partial charge in [-0.1, -0.05) is 33.8 Å². The standard InChI is InChI=1S/C7H7BrO.2C2H6/c1-5-2-3-6(8)7(9)4-5;2*1-2/h2-4,9H,1H3;2*1-2H3. The van der Waals surface area contributed by atoms with E-state index in [4.69, 9.17) is 5.11 Å². The van der Waals surface area contributed by atoms with E-state index in [2.05, 4.69) is 15.9 Å². The van der Waals surface area contributed by atoms with Crippen molar-refractivity contribution >= 4 is 15.9 Å². The van der Waals surface area contributed by atoms with Crippen LogP contribution in [0.1, 0.15) is 33.3 Å². The zero-order chi connectivity index (χ0) is 10.9. The monoisotopic (exact) mass is 246 g/mol. The number of phenolic OH excluding ortho intramolecular Hbond substituents is 1. The summed E-state index contributed by atoms with van der Waals surface area (Å²) < 4.78 is 0.744. The molecule has 0 saturated heterocycles. The van der Waals surface area contributed by atoms with E-state index >= 15 is 0 Å². The van der Waals surface area contributed by atoms with Gasteiger partial charge in [0.25, 0.3) is 0 Å². The molecule has 0 aliphatic carbocycles. The van der Waals surface area contributed by atoms with Crippen molar-refractivity contribution in [3.63, 3.8) is 0 Å². The minimum Gasteiger partial charge on any atom is -0.507 e. The van der Waals surface area contributed by atoms with E-state index in [1.165, 1.54) is 0 Å². The molecule has 0 aliphatic rings. The van der Waals surface area contributed by atoms with E-state index in [0.29, 0.717) is 5.75 Å². The first-order chi connectivity index (χ1) is 6.20. The number of hydrogen-bond acceptors (Lipinski definition) is 1. The molecule has 1 nitrogen and oxygen atoms in total. The minimum absolute atomic E-state index is 0.301. The molecule has 1 aromatic rings. The Morgan fingerprint density at radius 1 is 1.08 bits per heavy atom. The average molecular weight is 247 g/mol. The van der Waals surface area contributed by atoms with Crippen LogP contribution in [0.3, 0.4) is 0 Å². The third kappa shape index (κ3) is 6.64. The number of aromatic hydroxyl groups is 1. The van der Waals surface area contributed by atoms with Crippen molar-refractivity contribution in [2.24, 2.45) is 0 Å². The number of rotatable bonds is 0. The Morgan fingerprint density at radius 3 is 1.85 bits per heavy atom. The first kappa shape index (κ1) is 15.0. The number of halogens is 1. The second-order valence-corrected chi connectivity index (χ2v) is 2.81. The fourth-order valence-corrected chi connectivity index (χ4v) is 0.869. The van der Waals surface area contributed by atoms with Gasteiger partial charge in [0.1, 0.15) is 5.75 Å². The second kappa shape index (κ2) is 9.59. The molecule has 0 heterocycles.